The van der Waals surface area contributed by atoms with Crippen LogP contribution in [0, 0.1) is 0 Å². The zero-order valence-electron chi connectivity index (χ0n) is 13.5. The van der Waals surface area contributed by atoms with Crippen LogP contribution in [0.1, 0.15) is 5.76 Å². The van der Waals surface area contributed by atoms with Crippen molar-refractivity contribution in [2.45, 2.75) is 6.61 Å². The van der Waals surface area contributed by atoms with Crippen LogP contribution in [0.4, 0.5) is 5.69 Å². The molecule has 0 unspecified atom stereocenters. The van der Waals surface area contributed by atoms with Crippen LogP contribution in [0.25, 0.3) is 11.3 Å². The van der Waals surface area contributed by atoms with Crippen molar-refractivity contribution in [1.29, 1.82) is 0 Å². The van der Waals surface area contributed by atoms with Crippen molar-refractivity contribution in [3.63, 3.8) is 0 Å². The number of benzene rings is 2. The minimum atomic E-state index is -0.339. The van der Waals surface area contributed by atoms with Crippen LogP contribution >= 0.6 is 23.2 Å². The van der Waals surface area contributed by atoms with Gasteiger partial charge in [0.2, 0.25) is 0 Å². The Balaban J connectivity index is 1.69. The first-order valence-corrected chi connectivity index (χ1v) is 8.49. The van der Waals surface area contributed by atoms with E-state index in [9.17, 15) is 4.79 Å². The second kappa shape index (κ2) is 8.27. The number of hydrogen-bond acceptors (Lipinski definition) is 4. The van der Waals surface area contributed by atoms with Gasteiger partial charge in [0, 0.05) is 11.3 Å². The minimum absolute atomic E-state index is 0.183. The van der Waals surface area contributed by atoms with Gasteiger partial charge in [0.25, 0.3) is 5.91 Å². The summed E-state index contributed by atoms with van der Waals surface area (Å²) in [6.45, 7) is -0.384. The van der Waals surface area contributed by atoms with Crippen LogP contribution in [0.15, 0.2) is 59.0 Å². The van der Waals surface area contributed by atoms with Gasteiger partial charge in [-0.3, -0.25) is 4.79 Å². The molecule has 0 aliphatic heterocycles. The first-order valence-electron chi connectivity index (χ1n) is 7.73. The van der Waals surface area contributed by atoms with Crippen molar-refractivity contribution >= 4 is 34.8 Å². The Morgan fingerprint density at radius 1 is 1.08 bits per heavy atom. The molecule has 1 amide bonds. The fourth-order valence-corrected chi connectivity index (χ4v) is 2.70. The van der Waals surface area contributed by atoms with E-state index in [1.807, 2.05) is 0 Å². The summed E-state index contributed by atoms with van der Waals surface area (Å²) >= 11 is 12.2. The number of ether oxygens (including phenoxy) is 1. The van der Waals surface area contributed by atoms with Gasteiger partial charge in [-0.05, 0) is 42.5 Å². The number of halogens is 2. The van der Waals surface area contributed by atoms with Crippen molar-refractivity contribution in [1.82, 2.24) is 0 Å². The smallest absolute Gasteiger partial charge is 0.262 e. The number of para-hydroxylation sites is 1. The lowest BCUT2D eigenvalue weighted by molar-refractivity contribution is -0.118. The van der Waals surface area contributed by atoms with Crippen LogP contribution in [-0.2, 0) is 11.4 Å². The third kappa shape index (κ3) is 4.38. The molecule has 0 spiro atoms. The van der Waals surface area contributed by atoms with E-state index in [2.05, 4.69) is 5.32 Å². The zero-order valence-corrected chi connectivity index (χ0v) is 15.1. The Kier molecular flexibility index (Phi) is 5.83. The molecule has 3 rings (SSSR count). The molecule has 134 valence electrons. The largest absolute Gasteiger partial charge is 0.482 e. The van der Waals surface area contributed by atoms with Gasteiger partial charge < -0.3 is 19.6 Å². The van der Waals surface area contributed by atoms with E-state index < -0.39 is 0 Å². The highest BCUT2D eigenvalue weighted by atomic mass is 35.5. The Labute approximate surface area is 160 Å². The first kappa shape index (κ1) is 18.3. The van der Waals surface area contributed by atoms with Crippen molar-refractivity contribution in [2.24, 2.45) is 0 Å². The molecule has 1 heterocycles. The lowest BCUT2D eigenvalue weighted by Gasteiger charge is -2.10. The summed E-state index contributed by atoms with van der Waals surface area (Å²) in [6, 6.07) is 15.3. The first-order chi connectivity index (χ1) is 12.6. The lowest BCUT2D eigenvalue weighted by atomic mass is 10.1. The Morgan fingerprint density at radius 2 is 1.88 bits per heavy atom. The number of hydrogen-bond donors (Lipinski definition) is 2. The fourth-order valence-electron chi connectivity index (χ4n) is 2.30. The zero-order chi connectivity index (χ0) is 18.5. The average Bonchev–Trinajstić information content (AvgIpc) is 3.11. The molecule has 0 radical (unpaired) electrons. The number of anilines is 1. The number of amides is 1. The van der Waals surface area contributed by atoms with Crippen LogP contribution in [0.3, 0.4) is 0 Å². The van der Waals surface area contributed by atoms with Gasteiger partial charge in [-0.25, -0.2) is 0 Å². The highest BCUT2D eigenvalue weighted by Crippen LogP contribution is 2.32. The van der Waals surface area contributed by atoms with Crippen molar-refractivity contribution in [3.05, 3.63) is 70.4 Å². The molecule has 26 heavy (non-hydrogen) atoms. The number of nitrogens with one attached hydrogen (secondary N) is 1. The van der Waals surface area contributed by atoms with Gasteiger partial charge in [0.15, 0.2) is 6.61 Å². The predicted molar refractivity (Wildman–Crippen MR) is 101 cm³/mol. The number of aliphatic hydroxyl groups is 1. The van der Waals surface area contributed by atoms with Gasteiger partial charge >= 0.3 is 0 Å². The molecular formula is C19H15Cl2NO4. The number of rotatable bonds is 6. The summed E-state index contributed by atoms with van der Waals surface area (Å²) in [5.41, 5.74) is 1.15. The van der Waals surface area contributed by atoms with E-state index in [-0.39, 0.29) is 19.1 Å². The van der Waals surface area contributed by atoms with Crippen LogP contribution in [-0.4, -0.2) is 17.6 Å². The fraction of sp³-hybridized carbons (Fsp3) is 0.105. The highest BCUT2D eigenvalue weighted by molar-refractivity contribution is 6.33. The molecule has 7 heteroatoms. The molecule has 3 aromatic rings. The quantitative estimate of drug-likeness (QED) is 0.634. The summed E-state index contributed by atoms with van der Waals surface area (Å²) < 4.78 is 10.9. The van der Waals surface area contributed by atoms with Crippen LogP contribution < -0.4 is 10.1 Å². The maximum Gasteiger partial charge on any atom is 0.262 e. The van der Waals surface area contributed by atoms with E-state index in [0.717, 1.165) is 0 Å². The Bertz CT molecular complexity index is 923. The molecule has 1 aromatic heterocycles. The standard InChI is InChI=1S/C19H15Cl2NO4/c20-15-7-5-12(9-14(15)17-8-6-13(10-23)26-17)22-19(24)11-25-18-4-2-1-3-16(18)21/h1-9,23H,10-11H2,(H,22,24). The summed E-state index contributed by atoms with van der Waals surface area (Å²) in [7, 11) is 0. The van der Waals surface area contributed by atoms with Crippen molar-refractivity contribution in [3.8, 4) is 17.1 Å². The molecule has 0 saturated carbocycles. The van der Waals surface area contributed by atoms with Crippen LogP contribution in [0.5, 0.6) is 5.75 Å². The van der Waals surface area contributed by atoms with E-state index in [1.165, 1.54) is 0 Å². The second-order valence-corrected chi connectivity index (χ2v) is 6.20. The monoisotopic (exact) mass is 391 g/mol. The molecule has 0 aliphatic rings. The number of furan rings is 1. The number of carbonyl (C=O) groups excluding carboxylic acids is 1. The third-order valence-corrected chi connectivity index (χ3v) is 4.17. The summed E-state index contributed by atoms with van der Waals surface area (Å²) in [5, 5.41) is 12.7. The molecule has 0 bridgehead atoms. The molecule has 0 aliphatic carbocycles. The molecule has 0 fully saturated rings. The summed E-state index contributed by atoms with van der Waals surface area (Å²) in [6.07, 6.45) is 0. The Morgan fingerprint density at radius 3 is 2.62 bits per heavy atom. The number of carbonyl (C=O) groups is 1. The van der Waals surface area contributed by atoms with E-state index in [0.29, 0.717) is 38.6 Å². The molecule has 2 aromatic carbocycles. The van der Waals surface area contributed by atoms with E-state index >= 15 is 0 Å². The maximum atomic E-state index is 12.1. The summed E-state index contributed by atoms with van der Waals surface area (Å²) in [5.74, 6) is 1.03. The highest BCUT2D eigenvalue weighted by Gasteiger charge is 2.12. The molecule has 2 N–H and O–H groups in total. The van der Waals surface area contributed by atoms with Crippen molar-refractivity contribution < 1.29 is 19.1 Å². The Hall–Kier alpha value is -2.47. The summed E-state index contributed by atoms with van der Waals surface area (Å²) in [4.78, 5) is 12.1. The lowest BCUT2D eigenvalue weighted by Crippen LogP contribution is -2.20. The van der Waals surface area contributed by atoms with Crippen LogP contribution in [0.2, 0.25) is 10.0 Å². The molecule has 5 nitrogen and oxygen atoms in total. The maximum absolute atomic E-state index is 12.1. The van der Waals surface area contributed by atoms with Gasteiger partial charge in [-0.2, -0.15) is 0 Å². The van der Waals surface area contributed by atoms with Gasteiger partial charge in [-0.1, -0.05) is 35.3 Å². The van der Waals surface area contributed by atoms with Crippen molar-refractivity contribution in [2.75, 3.05) is 11.9 Å². The van der Waals surface area contributed by atoms with Gasteiger partial charge in [-0.15, -0.1) is 0 Å². The van der Waals surface area contributed by atoms with Gasteiger partial charge in [0.1, 0.15) is 23.9 Å². The van der Waals surface area contributed by atoms with E-state index in [4.69, 9.17) is 37.5 Å². The normalized spacial score (nSPS) is 10.6. The topological polar surface area (TPSA) is 71.7 Å². The number of aliphatic hydroxyl groups excluding tert-OH is 1. The predicted octanol–water partition coefficient (Wildman–Crippen LogP) is 4.76. The molecule has 0 saturated heterocycles. The second-order valence-electron chi connectivity index (χ2n) is 5.39. The molecule has 0 atom stereocenters. The van der Waals surface area contributed by atoms with Gasteiger partial charge in [0.05, 0.1) is 10.0 Å². The average molecular weight is 392 g/mol. The molecular weight excluding hydrogens is 377 g/mol. The minimum Gasteiger partial charge on any atom is -0.482 e. The third-order valence-electron chi connectivity index (χ3n) is 3.53. The SMILES string of the molecule is O=C(COc1ccccc1Cl)Nc1ccc(Cl)c(-c2ccc(CO)o2)c1. The van der Waals surface area contributed by atoms with E-state index in [1.54, 1.807) is 54.6 Å².